The number of rotatable bonds is 7. The van der Waals surface area contributed by atoms with Crippen LogP contribution in [0.15, 0.2) is 48.5 Å². The number of nitrogens with zero attached hydrogens (tertiary/aromatic N) is 1. The first-order valence-corrected chi connectivity index (χ1v) is 10.1. The fourth-order valence-electron chi connectivity index (χ4n) is 3.34. The van der Waals surface area contributed by atoms with Crippen LogP contribution in [0.5, 0.6) is 5.75 Å². The lowest BCUT2D eigenvalue weighted by atomic mass is 10.1. The van der Waals surface area contributed by atoms with Crippen LogP contribution in [0.25, 0.3) is 0 Å². The van der Waals surface area contributed by atoms with Crippen LogP contribution < -0.4 is 20.3 Å². The van der Waals surface area contributed by atoms with Crippen molar-refractivity contribution in [3.63, 3.8) is 0 Å². The van der Waals surface area contributed by atoms with Gasteiger partial charge in [-0.2, -0.15) is 0 Å². The Balaban J connectivity index is 1.56. The summed E-state index contributed by atoms with van der Waals surface area (Å²) < 4.78 is 5.70. The maximum atomic E-state index is 12.7. The van der Waals surface area contributed by atoms with Gasteiger partial charge in [0.15, 0.2) is 0 Å². The molecule has 3 amide bonds. The van der Waals surface area contributed by atoms with E-state index >= 15 is 0 Å². The molecule has 1 aliphatic rings. The average Bonchev–Trinajstić information content (AvgIpc) is 2.71. The average molecular weight is 409 g/mol. The molecule has 0 radical (unpaired) electrons. The SMILES string of the molecule is CC(C)Oc1cccc(C(C)NC(=O)CCC(=O)N2CC(=O)Nc3ccccc32)c1. The predicted molar refractivity (Wildman–Crippen MR) is 115 cm³/mol. The third-order valence-corrected chi connectivity index (χ3v) is 4.75. The second-order valence-corrected chi connectivity index (χ2v) is 7.57. The molecule has 0 aliphatic carbocycles. The third kappa shape index (κ3) is 5.37. The minimum Gasteiger partial charge on any atom is -0.491 e. The van der Waals surface area contributed by atoms with Crippen LogP contribution in [0.4, 0.5) is 11.4 Å². The van der Waals surface area contributed by atoms with Crippen molar-refractivity contribution in [2.24, 2.45) is 0 Å². The van der Waals surface area contributed by atoms with Crippen molar-refractivity contribution in [2.75, 3.05) is 16.8 Å². The molecule has 1 aliphatic heterocycles. The summed E-state index contributed by atoms with van der Waals surface area (Å²) >= 11 is 0. The molecular weight excluding hydrogens is 382 g/mol. The molecule has 0 saturated carbocycles. The molecule has 0 aromatic heterocycles. The van der Waals surface area contributed by atoms with E-state index in [9.17, 15) is 14.4 Å². The monoisotopic (exact) mass is 409 g/mol. The summed E-state index contributed by atoms with van der Waals surface area (Å²) in [6, 6.07) is 14.5. The van der Waals surface area contributed by atoms with Gasteiger partial charge in [0.2, 0.25) is 17.7 Å². The van der Waals surface area contributed by atoms with E-state index in [2.05, 4.69) is 10.6 Å². The lowest BCUT2D eigenvalue weighted by molar-refractivity contribution is -0.126. The number of hydrogen-bond donors (Lipinski definition) is 2. The van der Waals surface area contributed by atoms with Crippen LogP contribution in [-0.2, 0) is 14.4 Å². The van der Waals surface area contributed by atoms with E-state index in [1.54, 1.807) is 18.2 Å². The summed E-state index contributed by atoms with van der Waals surface area (Å²) in [5.74, 6) is 0.0256. The molecule has 2 N–H and O–H groups in total. The normalized spacial score (nSPS) is 14.0. The molecule has 1 atom stereocenters. The molecule has 2 aromatic rings. The van der Waals surface area contributed by atoms with Gasteiger partial charge in [0, 0.05) is 12.8 Å². The molecule has 158 valence electrons. The van der Waals surface area contributed by atoms with Crippen molar-refractivity contribution in [1.82, 2.24) is 5.32 Å². The second-order valence-electron chi connectivity index (χ2n) is 7.57. The van der Waals surface area contributed by atoms with E-state index in [0.29, 0.717) is 11.4 Å². The number of anilines is 2. The molecule has 7 nitrogen and oxygen atoms in total. The lowest BCUT2D eigenvalue weighted by Crippen LogP contribution is -2.42. The van der Waals surface area contributed by atoms with Gasteiger partial charge in [0.05, 0.1) is 23.5 Å². The molecule has 3 rings (SSSR count). The summed E-state index contributed by atoms with van der Waals surface area (Å²) in [6.45, 7) is 5.76. The van der Waals surface area contributed by atoms with Crippen molar-refractivity contribution in [3.05, 3.63) is 54.1 Å². The number of amides is 3. The van der Waals surface area contributed by atoms with Gasteiger partial charge < -0.3 is 20.3 Å². The van der Waals surface area contributed by atoms with Crippen LogP contribution in [0.1, 0.15) is 45.2 Å². The second kappa shape index (κ2) is 9.43. The molecule has 0 spiro atoms. The minimum atomic E-state index is -0.257. The van der Waals surface area contributed by atoms with Gasteiger partial charge >= 0.3 is 0 Å². The Bertz CT molecular complexity index is 942. The van der Waals surface area contributed by atoms with Crippen LogP contribution in [0.2, 0.25) is 0 Å². The van der Waals surface area contributed by atoms with Crippen LogP contribution in [0, 0.1) is 0 Å². The summed E-state index contributed by atoms with van der Waals surface area (Å²) in [6.07, 6.45) is 0.139. The summed E-state index contributed by atoms with van der Waals surface area (Å²) in [5, 5.41) is 5.67. The third-order valence-electron chi connectivity index (χ3n) is 4.75. The zero-order valence-corrected chi connectivity index (χ0v) is 17.5. The van der Waals surface area contributed by atoms with E-state index in [0.717, 1.165) is 11.3 Å². The number of para-hydroxylation sites is 2. The highest BCUT2D eigenvalue weighted by atomic mass is 16.5. The predicted octanol–water partition coefficient (Wildman–Crippen LogP) is 3.42. The first kappa shape index (κ1) is 21.4. The number of hydrogen-bond acceptors (Lipinski definition) is 4. The van der Waals surface area contributed by atoms with E-state index in [1.165, 1.54) is 4.90 Å². The Morgan fingerprint density at radius 3 is 2.63 bits per heavy atom. The molecule has 0 fully saturated rings. The zero-order valence-electron chi connectivity index (χ0n) is 17.5. The molecular formula is C23H27N3O4. The maximum Gasteiger partial charge on any atom is 0.244 e. The molecule has 7 heteroatoms. The van der Waals surface area contributed by atoms with Crippen molar-refractivity contribution >= 4 is 29.1 Å². The Kier molecular flexibility index (Phi) is 6.72. The molecule has 1 heterocycles. The van der Waals surface area contributed by atoms with E-state index in [1.807, 2.05) is 51.1 Å². The van der Waals surface area contributed by atoms with Gasteiger partial charge in [0.25, 0.3) is 0 Å². The smallest absolute Gasteiger partial charge is 0.244 e. The number of carbonyl (C=O) groups excluding carboxylic acids is 3. The first-order chi connectivity index (χ1) is 14.3. The van der Waals surface area contributed by atoms with Gasteiger partial charge in [-0.1, -0.05) is 24.3 Å². The Morgan fingerprint density at radius 1 is 1.10 bits per heavy atom. The van der Waals surface area contributed by atoms with Gasteiger partial charge in [-0.05, 0) is 50.6 Å². The van der Waals surface area contributed by atoms with Crippen LogP contribution in [-0.4, -0.2) is 30.4 Å². The molecule has 0 bridgehead atoms. The number of benzene rings is 2. The fourth-order valence-corrected chi connectivity index (χ4v) is 3.34. The summed E-state index contributed by atoms with van der Waals surface area (Å²) in [5.41, 5.74) is 2.18. The highest BCUT2D eigenvalue weighted by Gasteiger charge is 2.26. The minimum absolute atomic E-state index is 0.0245. The standard InChI is InChI=1S/C23H27N3O4/c1-15(2)30-18-8-6-7-17(13-18)16(3)24-21(27)11-12-23(29)26-14-22(28)25-19-9-4-5-10-20(19)26/h4-10,13,15-16H,11-12,14H2,1-3H3,(H,24,27)(H,25,28). The summed E-state index contributed by atoms with van der Waals surface area (Å²) in [4.78, 5) is 38.4. The van der Waals surface area contributed by atoms with Gasteiger partial charge in [-0.15, -0.1) is 0 Å². The van der Waals surface area contributed by atoms with Gasteiger partial charge in [-0.25, -0.2) is 0 Å². The van der Waals surface area contributed by atoms with E-state index in [-0.39, 0.29) is 49.3 Å². The zero-order chi connectivity index (χ0) is 21.7. The topological polar surface area (TPSA) is 87.7 Å². The quantitative estimate of drug-likeness (QED) is 0.734. The fraction of sp³-hybridized carbons (Fsp3) is 0.348. The highest BCUT2D eigenvalue weighted by Crippen LogP contribution is 2.29. The summed E-state index contributed by atoms with van der Waals surface area (Å²) in [7, 11) is 0. The maximum absolute atomic E-state index is 12.7. The van der Waals surface area contributed by atoms with Crippen molar-refractivity contribution in [1.29, 1.82) is 0 Å². The Hall–Kier alpha value is -3.35. The highest BCUT2D eigenvalue weighted by molar-refractivity contribution is 6.10. The molecule has 1 unspecified atom stereocenters. The number of ether oxygens (including phenoxy) is 1. The number of fused-ring (bicyclic) bond motifs is 1. The van der Waals surface area contributed by atoms with Crippen LogP contribution in [0.3, 0.4) is 0 Å². The largest absolute Gasteiger partial charge is 0.491 e. The van der Waals surface area contributed by atoms with E-state index in [4.69, 9.17) is 4.74 Å². The van der Waals surface area contributed by atoms with Gasteiger partial charge in [0.1, 0.15) is 12.3 Å². The molecule has 30 heavy (non-hydrogen) atoms. The molecule has 0 saturated heterocycles. The number of nitrogens with one attached hydrogen (secondary N) is 2. The first-order valence-electron chi connectivity index (χ1n) is 10.1. The van der Waals surface area contributed by atoms with Crippen LogP contribution >= 0.6 is 0 Å². The Labute approximate surface area is 176 Å². The Morgan fingerprint density at radius 2 is 1.87 bits per heavy atom. The van der Waals surface area contributed by atoms with Crippen molar-refractivity contribution in [2.45, 2.75) is 45.8 Å². The van der Waals surface area contributed by atoms with Crippen molar-refractivity contribution < 1.29 is 19.1 Å². The van der Waals surface area contributed by atoms with E-state index < -0.39 is 0 Å². The lowest BCUT2D eigenvalue weighted by Gasteiger charge is -2.29. The van der Waals surface area contributed by atoms with Crippen molar-refractivity contribution in [3.8, 4) is 5.75 Å². The van der Waals surface area contributed by atoms with Gasteiger partial charge in [-0.3, -0.25) is 14.4 Å². The molecule has 2 aromatic carbocycles. The number of carbonyl (C=O) groups is 3.